The highest BCUT2D eigenvalue weighted by atomic mass is 35.5. The number of rotatable bonds is 5. The standard InChI is InChI=1S/C22H22ClFN4O2/c23-17-6-2-1-5-16(17)14-21(29)27-11-9-15(10-12-27)13-20-25-26-22(30)28(20)19-8-4-3-7-18(19)24/h1-8,15H,9-14H2,(H,26,30). The van der Waals surface area contributed by atoms with Crippen molar-refractivity contribution in [2.24, 2.45) is 5.92 Å². The molecule has 0 spiro atoms. The first-order valence-corrected chi connectivity index (χ1v) is 10.3. The molecule has 0 atom stereocenters. The van der Waals surface area contributed by atoms with Crippen molar-refractivity contribution < 1.29 is 9.18 Å². The molecule has 1 aliphatic rings. The SMILES string of the molecule is O=C(Cc1ccccc1Cl)N1CCC(Cc2n[nH]c(=O)n2-c2ccccc2F)CC1. The minimum Gasteiger partial charge on any atom is -0.342 e. The average molecular weight is 429 g/mol. The first-order valence-electron chi connectivity index (χ1n) is 9.95. The van der Waals surface area contributed by atoms with Crippen LogP contribution in [-0.2, 0) is 17.6 Å². The van der Waals surface area contributed by atoms with Crippen LogP contribution in [0.3, 0.4) is 0 Å². The van der Waals surface area contributed by atoms with E-state index in [1.54, 1.807) is 24.3 Å². The van der Waals surface area contributed by atoms with Gasteiger partial charge >= 0.3 is 5.69 Å². The summed E-state index contributed by atoms with van der Waals surface area (Å²) in [4.78, 5) is 26.7. The highest BCUT2D eigenvalue weighted by Crippen LogP contribution is 2.23. The van der Waals surface area contributed by atoms with Crippen LogP contribution in [0.5, 0.6) is 0 Å². The smallest absolute Gasteiger partial charge is 0.342 e. The van der Waals surface area contributed by atoms with Crippen molar-refractivity contribution in [2.75, 3.05) is 13.1 Å². The zero-order valence-electron chi connectivity index (χ0n) is 16.4. The van der Waals surface area contributed by atoms with Crippen molar-refractivity contribution in [2.45, 2.75) is 25.7 Å². The van der Waals surface area contributed by atoms with E-state index in [-0.39, 0.29) is 23.9 Å². The topological polar surface area (TPSA) is 71.0 Å². The normalized spacial score (nSPS) is 14.8. The second-order valence-corrected chi connectivity index (χ2v) is 7.94. The fourth-order valence-electron chi connectivity index (χ4n) is 3.91. The molecule has 2 heterocycles. The third-order valence-electron chi connectivity index (χ3n) is 5.57. The maximum Gasteiger partial charge on any atom is 0.348 e. The minimum atomic E-state index is -0.470. The maximum atomic E-state index is 14.2. The molecule has 0 aliphatic carbocycles. The van der Waals surface area contributed by atoms with Crippen molar-refractivity contribution in [3.63, 3.8) is 0 Å². The fourth-order valence-corrected chi connectivity index (χ4v) is 4.11. The van der Waals surface area contributed by atoms with Crippen LogP contribution in [-0.4, -0.2) is 38.7 Å². The van der Waals surface area contributed by atoms with E-state index in [4.69, 9.17) is 11.6 Å². The number of likely N-dealkylation sites (tertiary alicyclic amines) is 1. The van der Waals surface area contributed by atoms with Gasteiger partial charge in [0.1, 0.15) is 11.6 Å². The molecule has 0 saturated carbocycles. The van der Waals surface area contributed by atoms with E-state index in [1.165, 1.54) is 10.6 Å². The molecule has 0 radical (unpaired) electrons. The number of amides is 1. The predicted octanol–water partition coefficient (Wildman–Crippen LogP) is 3.38. The van der Waals surface area contributed by atoms with Crippen molar-refractivity contribution in [3.05, 3.63) is 81.2 Å². The van der Waals surface area contributed by atoms with Gasteiger partial charge in [-0.15, -0.1) is 0 Å². The maximum absolute atomic E-state index is 14.2. The molecular formula is C22H22ClFN4O2. The lowest BCUT2D eigenvalue weighted by Crippen LogP contribution is -2.40. The molecule has 156 valence electrons. The van der Waals surface area contributed by atoms with Crippen LogP contribution in [0.15, 0.2) is 53.3 Å². The number of para-hydroxylation sites is 1. The number of hydrogen-bond donors (Lipinski definition) is 1. The van der Waals surface area contributed by atoms with Crippen LogP contribution in [0.2, 0.25) is 5.02 Å². The summed E-state index contributed by atoms with van der Waals surface area (Å²) in [5.41, 5.74) is 0.567. The number of aromatic amines is 1. The molecule has 4 rings (SSSR count). The molecule has 1 fully saturated rings. The van der Waals surface area contributed by atoms with Crippen molar-refractivity contribution in [1.82, 2.24) is 19.7 Å². The number of halogens is 2. The molecule has 1 aromatic heterocycles. The third kappa shape index (κ3) is 4.31. The molecule has 8 heteroatoms. The Balaban J connectivity index is 1.39. The Bertz CT molecular complexity index is 1100. The highest BCUT2D eigenvalue weighted by Gasteiger charge is 2.25. The van der Waals surface area contributed by atoms with Crippen molar-refractivity contribution in [3.8, 4) is 5.69 Å². The number of nitrogens with one attached hydrogen (secondary N) is 1. The predicted molar refractivity (Wildman–Crippen MR) is 112 cm³/mol. The Morgan fingerprint density at radius 1 is 1.13 bits per heavy atom. The highest BCUT2D eigenvalue weighted by molar-refractivity contribution is 6.31. The Morgan fingerprint density at radius 3 is 2.57 bits per heavy atom. The molecule has 2 aromatic carbocycles. The quantitative estimate of drug-likeness (QED) is 0.677. The van der Waals surface area contributed by atoms with E-state index >= 15 is 0 Å². The lowest BCUT2D eigenvalue weighted by atomic mass is 9.93. The number of carbonyl (C=O) groups is 1. The first-order chi connectivity index (χ1) is 14.5. The first kappa shape index (κ1) is 20.3. The van der Waals surface area contributed by atoms with E-state index in [9.17, 15) is 14.0 Å². The summed E-state index contributed by atoms with van der Waals surface area (Å²) < 4.78 is 15.5. The van der Waals surface area contributed by atoms with Gasteiger partial charge in [-0.3, -0.25) is 4.79 Å². The Morgan fingerprint density at radius 2 is 1.83 bits per heavy atom. The van der Waals surface area contributed by atoms with Gasteiger partial charge in [0, 0.05) is 24.5 Å². The van der Waals surface area contributed by atoms with Crippen molar-refractivity contribution in [1.29, 1.82) is 0 Å². The van der Waals surface area contributed by atoms with Crippen LogP contribution >= 0.6 is 11.6 Å². The average Bonchev–Trinajstić information content (AvgIpc) is 3.10. The zero-order valence-corrected chi connectivity index (χ0v) is 17.1. The van der Waals surface area contributed by atoms with E-state index in [0.29, 0.717) is 30.4 Å². The second kappa shape index (κ2) is 8.83. The second-order valence-electron chi connectivity index (χ2n) is 7.53. The molecule has 1 saturated heterocycles. The summed E-state index contributed by atoms with van der Waals surface area (Å²) in [5.74, 6) is 0.354. The summed E-state index contributed by atoms with van der Waals surface area (Å²) in [6.07, 6.45) is 2.43. The molecule has 1 aliphatic heterocycles. The largest absolute Gasteiger partial charge is 0.348 e. The van der Waals surface area contributed by atoms with Gasteiger partial charge in [0.25, 0.3) is 0 Å². The van der Waals surface area contributed by atoms with E-state index in [2.05, 4.69) is 10.2 Å². The van der Waals surface area contributed by atoms with Gasteiger partial charge in [-0.2, -0.15) is 5.10 Å². The summed E-state index contributed by atoms with van der Waals surface area (Å²) in [7, 11) is 0. The molecular weight excluding hydrogens is 407 g/mol. The number of H-pyrrole nitrogens is 1. The van der Waals surface area contributed by atoms with E-state index in [0.717, 1.165) is 18.4 Å². The molecule has 30 heavy (non-hydrogen) atoms. The van der Waals surface area contributed by atoms with Crippen LogP contribution in [0.25, 0.3) is 5.69 Å². The summed E-state index contributed by atoms with van der Waals surface area (Å²) in [5, 5.41) is 7.14. The van der Waals surface area contributed by atoms with Crippen LogP contribution in [0, 0.1) is 11.7 Å². The molecule has 3 aromatic rings. The number of carbonyl (C=O) groups excluding carboxylic acids is 1. The van der Waals surface area contributed by atoms with Crippen molar-refractivity contribution >= 4 is 17.5 Å². The van der Waals surface area contributed by atoms with Gasteiger partial charge in [-0.05, 0) is 42.5 Å². The zero-order chi connectivity index (χ0) is 21.1. The Hall–Kier alpha value is -2.93. The molecule has 0 bridgehead atoms. The fraction of sp³-hybridized carbons (Fsp3) is 0.318. The van der Waals surface area contributed by atoms with Gasteiger partial charge < -0.3 is 4.90 Å². The summed E-state index contributed by atoms with van der Waals surface area (Å²) >= 11 is 6.16. The van der Waals surface area contributed by atoms with Gasteiger partial charge in [-0.25, -0.2) is 18.9 Å². The lowest BCUT2D eigenvalue weighted by molar-refractivity contribution is -0.131. The number of piperidine rings is 1. The van der Waals surface area contributed by atoms with Crippen LogP contribution < -0.4 is 5.69 Å². The number of benzene rings is 2. The van der Waals surface area contributed by atoms with Gasteiger partial charge in [-0.1, -0.05) is 41.9 Å². The molecule has 1 amide bonds. The number of aromatic nitrogens is 3. The van der Waals surface area contributed by atoms with Crippen LogP contribution in [0.1, 0.15) is 24.2 Å². The van der Waals surface area contributed by atoms with Crippen LogP contribution in [0.4, 0.5) is 4.39 Å². The summed E-state index contributed by atoms with van der Waals surface area (Å²) in [6, 6.07) is 13.5. The Kier molecular flexibility index (Phi) is 5.99. The molecule has 1 N–H and O–H groups in total. The summed E-state index contributed by atoms with van der Waals surface area (Å²) in [6.45, 7) is 1.28. The van der Waals surface area contributed by atoms with E-state index in [1.807, 2.05) is 23.1 Å². The van der Waals surface area contributed by atoms with E-state index < -0.39 is 11.5 Å². The third-order valence-corrected chi connectivity index (χ3v) is 5.94. The van der Waals surface area contributed by atoms with Gasteiger partial charge in [0.2, 0.25) is 5.91 Å². The number of hydrogen-bond acceptors (Lipinski definition) is 3. The molecule has 0 unspecified atom stereocenters. The minimum absolute atomic E-state index is 0.0598. The molecule has 6 nitrogen and oxygen atoms in total. The Labute approximate surface area is 178 Å². The van der Waals surface area contributed by atoms with Gasteiger partial charge in [0.15, 0.2) is 0 Å². The lowest BCUT2D eigenvalue weighted by Gasteiger charge is -2.32. The number of nitrogens with zero attached hydrogens (tertiary/aromatic N) is 3. The van der Waals surface area contributed by atoms with Gasteiger partial charge in [0.05, 0.1) is 12.1 Å². The monoisotopic (exact) mass is 428 g/mol.